The Kier molecular flexibility index (Phi) is 4.88. The fourth-order valence-corrected chi connectivity index (χ4v) is 4.31. The van der Waals surface area contributed by atoms with Crippen LogP contribution >= 0.6 is 0 Å². The van der Waals surface area contributed by atoms with E-state index in [4.69, 9.17) is 4.98 Å². The quantitative estimate of drug-likeness (QED) is 0.349. The molecule has 6 rings (SSSR count). The Morgan fingerprint density at radius 3 is 2.60 bits per heavy atom. The van der Waals surface area contributed by atoms with Gasteiger partial charge >= 0.3 is 0 Å². The predicted octanol–water partition coefficient (Wildman–Crippen LogP) is 4.44. The summed E-state index contributed by atoms with van der Waals surface area (Å²) in [6, 6.07) is 15.2. The molecule has 4 aromatic heterocycles. The van der Waals surface area contributed by atoms with Gasteiger partial charge in [-0.1, -0.05) is 24.3 Å². The molecule has 1 atom stereocenters. The molecule has 0 saturated heterocycles. The number of rotatable bonds is 5. The molecule has 0 radical (unpaired) electrons. The van der Waals surface area contributed by atoms with Gasteiger partial charge in [-0.15, -0.1) is 0 Å². The molecule has 0 saturated carbocycles. The molecule has 172 valence electrons. The highest BCUT2D eigenvalue weighted by Crippen LogP contribution is 2.33. The Morgan fingerprint density at radius 2 is 1.80 bits per heavy atom. The number of para-hydroxylation sites is 1. The van der Waals surface area contributed by atoms with Gasteiger partial charge in [0, 0.05) is 36.6 Å². The van der Waals surface area contributed by atoms with E-state index < -0.39 is 0 Å². The van der Waals surface area contributed by atoms with Crippen LogP contribution in [0.25, 0.3) is 44.5 Å². The molecule has 0 bridgehead atoms. The Morgan fingerprint density at radius 1 is 0.971 bits per heavy atom. The van der Waals surface area contributed by atoms with E-state index in [0.717, 1.165) is 33.1 Å². The van der Waals surface area contributed by atoms with Crippen molar-refractivity contribution < 1.29 is 0 Å². The van der Waals surface area contributed by atoms with Gasteiger partial charge in [-0.25, -0.2) is 15.0 Å². The van der Waals surface area contributed by atoms with Crippen molar-refractivity contribution in [2.24, 2.45) is 7.05 Å². The number of imidazole rings is 1. The number of H-pyrrole nitrogens is 2. The van der Waals surface area contributed by atoms with Crippen LogP contribution in [0.15, 0.2) is 78.1 Å². The number of aromatic amines is 2. The number of nitrogens with one attached hydrogen (secondary N) is 3. The number of fused-ring (bicyclic) bond motifs is 2. The average molecular weight is 463 g/mol. The maximum absolute atomic E-state index is 13.3. The van der Waals surface area contributed by atoms with Gasteiger partial charge < -0.3 is 15.3 Å². The molecule has 6 aromatic rings. The second-order valence-corrected chi connectivity index (χ2v) is 8.44. The van der Waals surface area contributed by atoms with Crippen molar-refractivity contribution in [2.75, 3.05) is 5.32 Å². The summed E-state index contributed by atoms with van der Waals surface area (Å²) in [5.74, 6) is 1.12. The summed E-state index contributed by atoms with van der Waals surface area (Å²) in [7, 11) is 1.89. The van der Waals surface area contributed by atoms with Crippen LogP contribution in [0, 0.1) is 0 Å². The van der Waals surface area contributed by atoms with Crippen LogP contribution in [0.3, 0.4) is 0 Å². The van der Waals surface area contributed by atoms with E-state index >= 15 is 0 Å². The summed E-state index contributed by atoms with van der Waals surface area (Å²) in [5.41, 5.74) is 5.24. The van der Waals surface area contributed by atoms with Crippen molar-refractivity contribution >= 4 is 27.6 Å². The number of anilines is 1. The molecule has 3 N–H and O–H groups in total. The number of pyridine rings is 1. The minimum Gasteiger partial charge on any atom is -0.374 e. The maximum Gasteiger partial charge on any atom is 0.261 e. The lowest BCUT2D eigenvalue weighted by molar-refractivity contribution is 0.768. The number of benzene rings is 2. The Labute approximate surface area is 199 Å². The Bertz CT molecular complexity index is 1730. The topological polar surface area (TPSA) is 117 Å². The molecular formula is C26H22N8O. The molecule has 0 aliphatic rings. The van der Waals surface area contributed by atoms with Gasteiger partial charge in [-0.05, 0) is 36.8 Å². The van der Waals surface area contributed by atoms with Crippen LogP contribution in [-0.2, 0) is 7.05 Å². The lowest BCUT2D eigenvalue weighted by Gasteiger charge is -2.18. The van der Waals surface area contributed by atoms with E-state index in [1.807, 2.05) is 68.8 Å². The van der Waals surface area contributed by atoms with E-state index in [1.165, 1.54) is 0 Å². The minimum atomic E-state index is -0.237. The molecule has 0 unspecified atom stereocenters. The highest BCUT2D eigenvalue weighted by atomic mass is 16.1. The van der Waals surface area contributed by atoms with Gasteiger partial charge in [0.25, 0.3) is 5.56 Å². The molecule has 0 aliphatic carbocycles. The zero-order valence-corrected chi connectivity index (χ0v) is 19.1. The van der Waals surface area contributed by atoms with E-state index in [2.05, 4.69) is 30.4 Å². The largest absolute Gasteiger partial charge is 0.374 e. The van der Waals surface area contributed by atoms with Gasteiger partial charge in [-0.3, -0.25) is 9.48 Å². The van der Waals surface area contributed by atoms with Crippen LogP contribution in [0.5, 0.6) is 0 Å². The van der Waals surface area contributed by atoms with Crippen LogP contribution in [-0.4, -0.2) is 34.7 Å². The molecule has 4 heterocycles. The third-order valence-electron chi connectivity index (χ3n) is 6.01. The lowest BCUT2D eigenvalue weighted by Crippen LogP contribution is -2.17. The normalized spacial score (nSPS) is 12.3. The summed E-state index contributed by atoms with van der Waals surface area (Å²) >= 11 is 0. The van der Waals surface area contributed by atoms with Gasteiger partial charge in [-0.2, -0.15) is 5.10 Å². The molecule has 0 aliphatic heterocycles. The Balaban J connectivity index is 1.51. The molecule has 2 aromatic carbocycles. The lowest BCUT2D eigenvalue weighted by atomic mass is 10.1. The third kappa shape index (κ3) is 3.72. The molecule has 9 nitrogen and oxygen atoms in total. The van der Waals surface area contributed by atoms with E-state index in [1.54, 1.807) is 23.1 Å². The van der Waals surface area contributed by atoms with Gasteiger partial charge in [0.05, 0.1) is 34.5 Å². The standard InChI is InChI=1S/C26H22N8O/c1-15(24-27-10-5-11-28-24)30-23-18-6-3-4-7-19(18)33-26(35)22(23)25-31-20-9-8-16(12-21(20)32-25)17-13-29-34(2)14-17/h3-15H,1-2H3,(H,31,32)(H2,30,33,35)/t15-/m0/s1. The van der Waals surface area contributed by atoms with Crippen molar-refractivity contribution in [3.05, 3.63) is 89.5 Å². The number of hydrogen-bond donors (Lipinski definition) is 3. The van der Waals surface area contributed by atoms with Crippen molar-refractivity contribution in [3.8, 4) is 22.5 Å². The summed E-state index contributed by atoms with van der Waals surface area (Å²) < 4.78 is 1.77. The first kappa shape index (κ1) is 20.8. The van der Waals surface area contributed by atoms with E-state index in [9.17, 15) is 4.79 Å². The van der Waals surface area contributed by atoms with Crippen LogP contribution in [0.1, 0.15) is 18.8 Å². The van der Waals surface area contributed by atoms with Crippen molar-refractivity contribution in [2.45, 2.75) is 13.0 Å². The Hall–Kier alpha value is -4.79. The first-order valence-corrected chi connectivity index (χ1v) is 11.2. The van der Waals surface area contributed by atoms with E-state index in [0.29, 0.717) is 22.9 Å². The molecule has 0 spiro atoms. The SMILES string of the molecule is C[C@H](Nc1c(-c2nc3ccc(-c4cnn(C)c4)cc3[nH]2)c(=O)[nH]c2ccccc12)c1ncccn1. The van der Waals surface area contributed by atoms with Crippen molar-refractivity contribution in [3.63, 3.8) is 0 Å². The third-order valence-corrected chi connectivity index (χ3v) is 6.01. The van der Waals surface area contributed by atoms with Crippen LogP contribution < -0.4 is 10.9 Å². The average Bonchev–Trinajstić information content (AvgIpc) is 3.50. The molecule has 9 heteroatoms. The number of hydrogen-bond acceptors (Lipinski definition) is 6. The molecule has 0 amide bonds. The summed E-state index contributed by atoms with van der Waals surface area (Å²) in [6.45, 7) is 1.97. The monoisotopic (exact) mass is 462 g/mol. The van der Waals surface area contributed by atoms with Crippen molar-refractivity contribution in [1.82, 2.24) is 34.7 Å². The smallest absolute Gasteiger partial charge is 0.261 e. The number of nitrogens with zero attached hydrogens (tertiary/aromatic N) is 5. The minimum absolute atomic E-state index is 0.235. The number of aryl methyl sites for hydroxylation is 1. The second-order valence-electron chi connectivity index (χ2n) is 8.44. The van der Waals surface area contributed by atoms with Crippen molar-refractivity contribution in [1.29, 1.82) is 0 Å². The van der Waals surface area contributed by atoms with Crippen LogP contribution in [0.4, 0.5) is 5.69 Å². The fraction of sp³-hybridized carbons (Fsp3) is 0.115. The molecule has 0 fully saturated rings. The molecule has 35 heavy (non-hydrogen) atoms. The summed E-state index contributed by atoms with van der Waals surface area (Å²) in [5, 5.41) is 8.61. The first-order valence-electron chi connectivity index (χ1n) is 11.2. The van der Waals surface area contributed by atoms with Gasteiger partial charge in [0.2, 0.25) is 0 Å². The van der Waals surface area contributed by atoms with Gasteiger partial charge in [0.1, 0.15) is 17.2 Å². The first-order chi connectivity index (χ1) is 17.1. The fourth-order valence-electron chi connectivity index (χ4n) is 4.31. The number of aromatic nitrogens is 7. The van der Waals surface area contributed by atoms with Gasteiger partial charge in [0.15, 0.2) is 0 Å². The summed E-state index contributed by atoms with van der Waals surface area (Å²) in [4.78, 5) is 33.2. The maximum atomic E-state index is 13.3. The summed E-state index contributed by atoms with van der Waals surface area (Å²) in [6.07, 6.45) is 7.19. The highest BCUT2D eigenvalue weighted by Gasteiger charge is 2.20. The van der Waals surface area contributed by atoms with Crippen LogP contribution in [0.2, 0.25) is 0 Å². The zero-order valence-electron chi connectivity index (χ0n) is 19.1. The molecular weight excluding hydrogens is 440 g/mol. The predicted molar refractivity (Wildman–Crippen MR) is 136 cm³/mol. The second kappa shape index (κ2) is 8.21. The van der Waals surface area contributed by atoms with E-state index in [-0.39, 0.29) is 11.6 Å². The zero-order chi connectivity index (χ0) is 23.9. The highest BCUT2D eigenvalue weighted by molar-refractivity contribution is 5.99.